The van der Waals surface area contributed by atoms with E-state index < -0.39 is 0 Å². The predicted octanol–water partition coefficient (Wildman–Crippen LogP) is 2.96. The minimum Gasteiger partial charge on any atom is -0.480 e. The third-order valence-corrected chi connectivity index (χ3v) is 6.40. The van der Waals surface area contributed by atoms with Crippen molar-refractivity contribution in [1.82, 2.24) is 20.1 Å². The number of nitrogens with one attached hydrogen (secondary N) is 2. The Morgan fingerprint density at radius 3 is 3.00 bits per heavy atom. The maximum atomic E-state index is 12.6. The standard InChI is InChI=1S/C22H25N5O2/c1-27-12-13(9-20(28)24-19-6-7-21(29-2)26-25-19)8-16-15-4-3-5-17-22(15)14(11-23-17)10-18(16)27/h3-7,11,13,16,18,23H,8-10,12H2,1-2H3,(H,24,25,28)/t13-,16?,18+/m0/s1. The van der Waals surface area contributed by atoms with Gasteiger partial charge in [0.2, 0.25) is 11.8 Å². The molecule has 2 aliphatic rings. The number of amides is 1. The summed E-state index contributed by atoms with van der Waals surface area (Å²) >= 11 is 0. The Bertz CT molecular complexity index is 1050. The van der Waals surface area contributed by atoms with Crippen LogP contribution in [0.2, 0.25) is 0 Å². The Balaban J connectivity index is 1.31. The van der Waals surface area contributed by atoms with Gasteiger partial charge in [-0.1, -0.05) is 12.1 Å². The lowest BCUT2D eigenvalue weighted by Crippen LogP contribution is -2.48. The molecule has 0 spiro atoms. The zero-order valence-electron chi connectivity index (χ0n) is 16.7. The fourth-order valence-electron chi connectivity index (χ4n) is 5.15. The van der Waals surface area contributed by atoms with E-state index in [0.29, 0.717) is 36.0 Å². The van der Waals surface area contributed by atoms with Crippen LogP contribution < -0.4 is 10.1 Å². The lowest BCUT2D eigenvalue weighted by atomic mass is 9.72. The molecule has 2 aromatic heterocycles. The zero-order chi connectivity index (χ0) is 20.0. The van der Waals surface area contributed by atoms with Gasteiger partial charge in [-0.25, -0.2) is 0 Å². The average molecular weight is 391 g/mol. The van der Waals surface area contributed by atoms with Gasteiger partial charge in [0, 0.05) is 48.1 Å². The topological polar surface area (TPSA) is 83.1 Å². The number of aromatic nitrogens is 3. The lowest BCUT2D eigenvalue weighted by Gasteiger charge is -2.45. The Hall–Kier alpha value is -2.93. The molecule has 3 heterocycles. The third kappa shape index (κ3) is 3.25. The molecule has 1 saturated heterocycles. The number of rotatable bonds is 4. The molecule has 0 bridgehead atoms. The largest absolute Gasteiger partial charge is 0.480 e. The molecule has 7 heteroatoms. The summed E-state index contributed by atoms with van der Waals surface area (Å²) in [5.41, 5.74) is 4.06. The van der Waals surface area contributed by atoms with Gasteiger partial charge in [-0.2, -0.15) is 0 Å². The molecule has 1 amide bonds. The minimum atomic E-state index is -0.0160. The molecule has 0 saturated carbocycles. The summed E-state index contributed by atoms with van der Waals surface area (Å²) in [6, 6.07) is 10.4. The van der Waals surface area contributed by atoms with Crippen LogP contribution in [-0.2, 0) is 11.2 Å². The maximum Gasteiger partial charge on any atom is 0.233 e. The number of carbonyl (C=O) groups excluding carboxylic acids is 1. The lowest BCUT2D eigenvalue weighted by molar-refractivity contribution is -0.117. The van der Waals surface area contributed by atoms with Gasteiger partial charge in [-0.05, 0) is 49.1 Å². The average Bonchev–Trinajstić information content (AvgIpc) is 3.14. The number of fused-ring (bicyclic) bond motifs is 2. The summed E-state index contributed by atoms with van der Waals surface area (Å²) in [5.74, 6) is 1.64. The van der Waals surface area contributed by atoms with Crippen LogP contribution in [0.4, 0.5) is 5.82 Å². The highest BCUT2D eigenvalue weighted by Crippen LogP contribution is 2.44. The van der Waals surface area contributed by atoms with Crippen LogP contribution in [0.3, 0.4) is 0 Å². The second-order valence-electron chi connectivity index (χ2n) is 8.22. The number of likely N-dealkylation sites (tertiary alicyclic amines) is 1. The highest BCUT2D eigenvalue weighted by Gasteiger charge is 2.39. The Morgan fingerprint density at radius 2 is 2.21 bits per heavy atom. The van der Waals surface area contributed by atoms with Crippen LogP contribution in [0.5, 0.6) is 5.88 Å². The van der Waals surface area contributed by atoms with Gasteiger partial charge in [0.15, 0.2) is 5.82 Å². The molecule has 1 aliphatic carbocycles. The second-order valence-corrected chi connectivity index (χ2v) is 8.22. The molecule has 5 rings (SSSR count). The molecule has 1 unspecified atom stereocenters. The van der Waals surface area contributed by atoms with Crippen molar-refractivity contribution < 1.29 is 9.53 Å². The smallest absolute Gasteiger partial charge is 0.233 e. The van der Waals surface area contributed by atoms with Gasteiger partial charge in [0.25, 0.3) is 0 Å². The molecule has 3 atom stereocenters. The highest BCUT2D eigenvalue weighted by molar-refractivity contribution is 5.90. The Labute approximate surface area is 169 Å². The fourth-order valence-corrected chi connectivity index (χ4v) is 5.15. The summed E-state index contributed by atoms with van der Waals surface area (Å²) in [7, 11) is 3.73. The van der Waals surface area contributed by atoms with Crippen molar-refractivity contribution in [2.45, 2.75) is 31.2 Å². The summed E-state index contributed by atoms with van der Waals surface area (Å²) in [6.45, 7) is 0.929. The van der Waals surface area contributed by atoms with Gasteiger partial charge in [0.05, 0.1) is 7.11 Å². The number of hydrogen-bond donors (Lipinski definition) is 2. The van der Waals surface area contributed by atoms with Crippen LogP contribution in [0, 0.1) is 5.92 Å². The number of piperidine rings is 1. The zero-order valence-corrected chi connectivity index (χ0v) is 16.7. The van der Waals surface area contributed by atoms with E-state index in [1.165, 1.54) is 29.1 Å². The monoisotopic (exact) mass is 391 g/mol. The normalized spacial score (nSPS) is 23.6. The third-order valence-electron chi connectivity index (χ3n) is 6.40. The van der Waals surface area contributed by atoms with E-state index in [4.69, 9.17) is 4.74 Å². The van der Waals surface area contributed by atoms with Crippen molar-refractivity contribution >= 4 is 22.6 Å². The number of likely N-dealkylation sites (N-methyl/N-ethyl adjacent to an activating group) is 1. The quantitative estimate of drug-likeness (QED) is 0.714. The number of anilines is 1. The molecule has 1 aromatic carbocycles. The van der Waals surface area contributed by atoms with Gasteiger partial charge >= 0.3 is 0 Å². The van der Waals surface area contributed by atoms with Crippen LogP contribution in [0.1, 0.15) is 29.9 Å². The van der Waals surface area contributed by atoms with E-state index in [9.17, 15) is 4.79 Å². The van der Waals surface area contributed by atoms with Crippen molar-refractivity contribution in [2.75, 3.05) is 26.0 Å². The van der Waals surface area contributed by atoms with Crippen molar-refractivity contribution in [3.63, 3.8) is 0 Å². The van der Waals surface area contributed by atoms with Gasteiger partial charge in [-0.15, -0.1) is 10.2 Å². The number of nitrogens with zero attached hydrogens (tertiary/aromatic N) is 3. The van der Waals surface area contributed by atoms with Crippen molar-refractivity contribution in [3.8, 4) is 5.88 Å². The molecule has 0 radical (unpaired) electrons. The number of benzene rings is 1. The fraction of sp³-hybridized carbons (Fsp3) is 0.409. The van der Waals surface area contributed by atoms with Crippen molar-refractivity contribution in [1.29, 1.82) is 0 Å². The SMILES string of the molecule is COc1ccc(NC(=O)C[C@@H]2CC3c4cccc5[nH]cc(c45)C[C@H]3N(C)C2)nn1. The predicted molar refractivity (Wildman–Crippen MR) is 111 cm³/mol. The minimum absolute atomic E-state index is 0.0160. The van der Waals surface area contributed by atoms with Crippen molar-refractivity contribution in [3.05, 3.63) is 47.7 Å². The molecule has 7 nitrogen and oxygen atoms in total. The molecule has 1 fully saturated rings. The molecule has 2 N–H and O–H groups in total. The number of methoxy groups -OCH3 is 1. The van der Waals surface area contributed by atoms with E-state index in [1.807, 2.05) is 0 Å². The number of H-pyrrole nitrogens is 1. The van der Waals surface area contributed by atoms with E-state index in [2.05, 4.69) is 56.8 Å². The molecular weight excluding hydrogens is 366 g/mol. The Kier molecular flexibility index (Phi) is 4.47. The Morgan fingerprint density at radius 1 is 1.31 bits per heavy atom. The molecule has 1 aliphatic heterocycles. The van der Waals surface area contributed by atoms with E-state index in [0.717, 1.165) is 19.4 Å². The first-order valence-electron chi connectivity index (χ1n) is 10.1. The van der Waals surface area contributed by atoms with Gasteiger partial charge < -0.3 is 19.9 Å². The summed E-state index contributed by atoms with van der Waals surface area (Å²) < 4.78 is 5.01. The molecule has 29 heavy (non-hydrogen) atoms. The van der Waals surface area contributed by atoms with Crippen LogP contribution in [0.15, 0.2) is 36.5 Å². The molecule has 3 aromatic rings. The first-order valence-corrected chi connectivity index (χ1v) is 10.1. The molecule has 150 valence electrons. The summed E-state index contributed by atoms with van der Waals surface area (Å²) in [6.07, 6.45) is 4.74. The van der Waals surface area contributed by atoms with Gasteiger partial charge in [-0.3, -0.25) is 4.79 Å². The van der Waals surface area contributed by atoms with Crippen LogP contribution >= 0.6 is 0 Å². The van der Waals surface area contributed by atoms with E-state index >= 15 is 0 Å². The molecular formula is C22H25N5O2. The first kappa shape index (κ1) is 18.1. The van der Waals surface area contributed by atoms with E-state index in [1.54, 1.807) is 12.1 Å². The van der Waals surface area contributed by atoms with Crippen LogP contribution in [-0.4, -0.2) is 52.7 Å². The second kappa shape index (κ2) is 7.15. The highest BCUT2D eigenvalue weighted by atomic mass is 16.5. The summed E-state index contributed by atoms with van der Waals surface area (Å²) in [4.78, 5) is 18.5. The van der Waals surface area contributed by atoms with Crippen LogP contribution in [0.25, 0.3) is 10.9 Å². The van der Waals surface area contributed by atoms with E-state index in [-0.39, 0.29) is 5.91 Å². The maximum absolute atomic E-state index is 12.6. The number of hydrogen-bond acceptors (Lipinski definition) is 5. The number of carbonyl (C=O) groups is 1. The van der Waals surface area contributed by atoms with Gasteiger partial charge in [0.1, 0.15) is 0 Å². The number of aromatic amines is 1. The first-order chi connectivity index (χ1) is 14.1. The van der Waals surface area contributed by atoms with Crippen molar-refractivity contribution in [2.24, 2.45) is 5.92 Å². The number of ether oxygens (including phenoxy) is 1. The summed E-state index contributed by atoms with van der Waals surface area (Å²) in [5, 5.41) is 12.1.